The van der Waals surface area contributed by atoms with Crippen molar-refractivity contribution in [2.75, 3.05) is 6.54 Å². The first-order valence-corrected chi connectivity index (χ1v) is 8.99. The molecular weight excluding hydrogens is 352 g/mol. The summed E-state index contributed by atoms with van der Waals surface area (Å²) < 4.78 is 0. The van der Waals surface area contributed by atoms with E-state index in [1.165, 1.54) is 0 Å². The Morgan fingerprint density at radius 1 is 1.08 bits per heavy atom. The molecule has 0 bridgehead atoms. The molecule has 0 aromatic heterocycles. The van der Waals surface area contributed by atoms with Gasteiger partial charge in [-0.25, -0.2) is 4.79 Å². The number of carboxylic acid groups (broad SMARTS) is 1. The van der Waals surface area contributed by atoms with Gasteiger partial charge in [0.1, 0.15) is 0 Å². The molecule has 2 N–H and O–H groups in total. The largest absolute Gasteiger partial charge is 0.478 e. The second-order valence-electron chi connectivity index (χ2n) is 6.47. The second-order valence-corrected chi connectivity index (χ2v) is 6.91. The van der Waals surface area contributed by atoms with E-state index in [2.05, 4.69) is 10.2 Å². The molecule has 3 rings (SSSR count). The van der Waals surface area contributed by atoms with Crippen LogP contribution in [-0.4, -0.2) is 34.5 Å². The Morgan fingerprint density at radius 3 is 2.38 bits per heavy atom. The maximum absolute atomic E-state index is 12.6. The van der Waals surface area contributed by atoms with Gasteiger partial charge in [0.25, 0.3) is 0 Å². The van der Waals surface area contributed by atoms with E-state index in [1.807, 2.05) is 24.3 Å². The van der Waals surface area contributed by atoms with Crippen LogP contribution in [0.4, 0.5) is 0 Å². The van der Waals surface area contributed by atoms with Crippen molar-refractivity contribution >= 4 is 23.5 Å². The fourth-order valence-electron chi connectivity index (χ4n) is 3.21. The third-order valence-corrected chi connectivity index (χ3v) is 4.88. The van der Waals surface area contributed by atoms with Crippen molar-refractivity contribution in [1.29, 1.82) is 0 Å². The zero-order valence-electron chi connectivity index (χ0n) is 14.3. The predicted octanol–water partition coefficient (Wildman–Crippen LogP) is 3.32. The summed E-state index contributed by atoms with van der Waals surface area (Å²) >= 11 is 5.92. The minimum atomic E-state index is -0.954. The van der Waals surface area contributed by atoms with Crippen molar-refractivity contribution in [2.45, 2.75) is 32.0 Å². The molecule has 1 amide bonds. The van der Waals surface area contributed by atoms with Crippen molar-refractivity contribution in [3.8, 4) is 0 Å². The van der Waals surface area contributed by atoms with Crippen LogP contribution in [0.15, 0.2) is 48.5 Å². The summed E-state index contributed by atoms with van der Waals surface area (Å²) in [6.07, 6.45) is 1.84. The van der Waals surface area contributed by atoms with Gasteiger partial charge in [-0.2, -0.15) is 0 Å². The number of hydrogen-bond acceptors (Lipinski definition) is 3. The monoisotopic (exact) mass is 372 g/mol. The van der Waals surface area contributed by atoms with Gasteiger partial charge in [0.05, 0.1) is 11.6 Å². The molecule has 0 aliphatic carbocycles. The highest BCUT2D eigenvalue weighted by molar-refractivity contribution is 6.30. The number of aromatic carboxylic acids is 1. The van der Waals surface area contributed by atoms with Gasteiger partial charge in [-0.05, 0) is 54.8 Å². The van der Waals surface area contributed by atoms with Crippen LogP contribution in [0.2, 0.25) is 5.02 Å². The Morgan fingerprint density at radius 2 is 1.73 bits per heavy atom. The van der Waals surface area contributed by atoms with E-state index in [-0.39, 0.29) is 17.5 Å². The van der Waals surface area contributed by atoms with Crippen molar-refractivity contribution in [1.82, 2.24) is 10.2 Å². The molecule has 1 unspecified atom stereocenters. The van der Waals surface area contributed by atoms with Gasteiger partial charge in [0.15, 0.2) is 0 Å². The SMILES string of the molecule is O=C(O)c1ccc(CNC(=O)C2CCCN2Cc2ccc(Cl)cc2)cc1. The van der Waals surface area contributed by atoms with E-state index < -0.39 is 5.97 Å². The Kier molecular flexibility index (Phi) is 5.91. The summed E-state index contributed by atoms with van der Waals surface area (Å²) in [7, 11) is 0. The van der Waals surface area contributed by atoms with E-state index >= 15 is 0 Å². The number of carbonyl (C=O) groups is 2. The van der Waals surface area contributed by atoms with E-state index in [0.717, 1.165) is 37.1 Å². The molecule has 1 fully saturated rings. The lowest BCUT2D eigenvalue weighted by Crippen LogP contribution is -2.42. The number of carboxylic acids is 1. The number of hydrogen-bond donors (Lipinski definition) is 2. The van der Waals surface area contributed by atoms with Gasteiger partial charge in [0.2, 0.25) is 5.91 Å². The lowest BCUT2D eigenvalue weighted by molar-refractivity contribution is -0.125. The molecule has 1 aliphatic rings. The Balaban J connectivity index is 1.56. The lowest BCUT2D eigenvalue weighted by Gasteiger charge is -2.23. The first-order chi connectivity index (χ1) is 12.5. The van der Waals surface area contributed by atoms with Crippen LogP contribution in [-0.2, 0) is 17.9 Å². The van der Waals surface area contributed by atoms with Crippen LogP contribution >= 0.6 is 11.6 Å². The van der Waals surface area contributed by atoms with Crippen LogP contribution in [0.5, 0.6) is 0 Å². The Hall–Kier alpha value is -2.37. The molecule has 0 spiro atoms. The van der Waals surface area contributed by atoms with Gasteiger partial charge in [-0.15, -0.1) is 0 Å². The molecule has 0 radical (unpaired) electrons. The minimum Gasteiger partial charge on any atom is -0.478 e. The van der Waals surface area contributed by atoms with Crippen LogP contribution in [0, 0.1) is 0 Å². The number of rotatable bonds is 6. The summed E-state index contributed by atoms with van der Waals surface area (Å²) in [6, 6.07) is 14.1. The van der Waals surface area contributed by atoms with E-state index in [9.17, 15) is 9.59 Å². The minimum absolute atomic E-state index is 0.0128. The lowest BCUT2D eigenvalue weighted by atomic mass is 10.1. The van der Waals surface area contributed by atoms with Crippen LogP contribution < -0.4 is 5.32 Å². The molecule has 1 saturated heterocycles. The van der Waals surface area contributed by atoms with E-state index in [1.54, 1.807) is 24.3 Å². The number of benzene rings is 2. The van der Waals surface area contributed by atoms with Crippen molar-refractivity contribution < 1.29 is 14.7 Å². The van der Waals surface area contributed by atoms with Gasteiger partial charge in [-0.1, -0.05) is 35.9 Å². The normalized spacial score (nSPS) is 17.2. The molecule has 1 atom stereocenters. The van der Waals surface area contributed by atoms with E-state index in [4.69, 9.17) is 16.7 Å². The number of nitrogens with one attached hydrogen (secondary N) is 1. The molecule has 1 aliphatic heterocycles. The molecule has 2 aromatic carbocycles. The highest BCUT2D eigenvalue weighted by Crippen LogP contribution is 2.21. The molecule has 26 heavy (non-hydrogen) atoms. The second kappa shape index (κ2) is 8.34. The highest BCUT2D eigenvalue weighted by Gasteiger charge is 2.30. The van der Waals surface area contributed by atoms with Crippen LogP contribution in [0.3, 0.4) is 0 Å². The molecular formula is C20H21ClN2O3. The average Bonchev–Trinajstić information content (AvgIpc) is 3.10. The number of halogens is 1. The predicted molar refractivity (Wildman–Crippen MR) is 100 cm³/mol. The van der Waals surface area contributed by atoms with Crippen LogP contribution in [0.1, 0.15) is 34.3 Å². The zero-order chi connectivity index (χ0) is 18.5. The summed E-state index contributed by atoms with van der Waals surface area (Å²) in [5.41, 5.74) is 2.26. The summed E-state index contributed by atoms with van der Waals surface area (Å²) in [6.45, 7) is 2.01. The first kappa shape index (κ1) is 18.4. The Bertz CT molecular complexity index is 775. The van der Waals surface area contributed by atoms with Gasteiger partial charge in [0, 0.05) is 18.1 Å². The number of amides is 1. The summed E-state index contributed by atoms with van der Waals surface area (Å²) in [5, 5.41) is 12.6. The highest BCUT2D eigenvalue weighted by atomic mass is 35.5. The van der Waals surface area contributed by atoms with Crippen molar-refractivity contribution in [2.24, 2.45) is 0 Å². The standard InChI is InChI=1S/C20H21ClN2O3/c21-17-9-5-15(6-10-17)13-23-11-1-2-18(23)19(24)22-12-14-3-7-16(8-4-14)20(25)26/h3-10,18H,1-2,11-13H2,(H,22,24)(H,25,26). The fourth-order valence-corrected chi connectivity index (χ4v) is 3.33. The quantitative estimate of drug-likeness (QED) is 0.816. The van der Waals surface area contributed by atoms with Crippen molar-refractivity contribution in [3.63, 3.8) is 0 Å². The fraction of sp³-hybridized carbons (Fsp3) is 0.300. The maximum Gasteiger partial charge on any atom is 0.335 e. The molecule has 6 heteroatoms. The zero-order valence-corrected chi connectivity index (χ0v) is 15.1. The van der Waals surface area contributed by atoms with E-state index in [0.29, 0.717) is 11.6 Å². The average molecular weight is 373 g/mol. The van der Waals surface area contributed by atoms with Crippen LogP contribution in [0.25, 0.3) is 0 Å². The molecule has 2 aromatic rings. The topological polar surface area (TPSA) is 69.6 Å². The first-order valence-electron chi connectivity index (χ1n) is 8.61. The smallest absolute Gasteiger partial charge is 0.335 e. The van der Waals surface area contributed by atoms with Gasteiger partial charge >= 0.3 is 5.97 Å². The summed E-state index contributed by atoms with van der Waals surface area (Å²) in [4.78, 5) is 25.6. The molecule has 136 valence electrons. The van der Waals surface area contributed by atoms with Gasteiger partial charge in [-0.3, -0.25) is 9.69 Å². The number of carbonyl (C=O) groups excluding carboxylic acids is 1. The molecule has 1 heterocycles. The Labute approximate surface area is 157 Å². The molecule has 5 nitrogen and oxygen atoms in total. The van der Waals surface area contributed by atoms with Gasteiger partial charge < -0.3 is 10.4 Å². The number of nitrogens with zero attached hydrogens (tertiary/aromatic N) is 1. The number of likely N-dealkylation sites (tertiary alicyclic amines) is 1. The third-order valence-electron chi connectivity index (χ3n) is 4.63. The van der Waals surface area contributed by atoms with Crippen molar-refractivity contribution in [3.05, 3.63) is 70.2 Å². The molecule has 0 saturated carbocycles. The third kappa shape index (κ3) is 4.62. The maximum atomic E-state index is 12.6. The summed E-state index contributed by atoms with van der Waals surface area (Å²) in [5.74, 6) is -0.942.